The molecule has 4 nitrogen and oxygen atoms in total. The molecule has 6 heteroatoms. The van der Waals surface area contributed by atoms with Crippen molar-refractivity contribution in [2.75, 3.05) is 5.32 Å². The van der Waals surface area contributed by atoms with Gasteiger partial charge >= 0.3 is 0 Å². The van der Waals surface area contributed by atoms with Gasteiger partial charge in [0, 0.05) is 17.8 Å². The molecule has 1 N–H and O–H groups in total. The lowest BCUT2D eigenvalue weighted by molar-refractivity contribution is -0.111. The molecule has 0 saturated carbocycles. The minimum atomic E-state index is -0.312. The second kappa shape index (κ2) is 6.93. The van der Waals surface area contributed by atoms with Crippen molar-refractivity contribution in [2.45, 2.75) is 0 Å². The molecular weight excluding hydrogens is 313 g/mol. The van der Waals surface area contributed by atoms with E-state index in [1.807, 2.05) is 12.1 Å². The highest BCUT2D eigenvalue weighted by molar-refractivity contribution is 7.14. The summed E-state index contributed by atoms with van der Waals surface area (Å²) in [5, 5.41) is 3.40. The molecule has 2 heterocycles. The Morgan fingerprint density at radius 2 is 1.96 bits per heavy atom. The van der Waals surface area contributed by atoms with Crippen LogP contribution in [0.25, 0.3) is 17.3 Å². The SMILES string of the molecule is O=C(C=Cc1ccccn1)Nc1scnc1-c1ccc(F)cc1. The fourth-order valence-electron chi connectivity index (χ4n) is 1.94. The third kappa shape index (κ3) is 3.87. The Hall–Kier alpha value is -2.86. The number of aromatic nitrogens is 2. The van der Waals surface area contributed by atoms with Crippen LogP contribution in [0, 0.1) is 5.82 Å². The van der Waals surface area contributed by atoms with Gasteiger partial charge in [-0.15, -0.1) is 11.3 Å². The van der Waals surface area contributed by atoms with Crippen molar-refractivity contribution in [3.05, 3.63) is 71.8 Å². The summed E-state index contributed by atoms with van der Waals surface area (Å²) in [6, 6.07) is 11.4. The van der Waals surface area contributed by atoms with Crippen molar-refractivity contribution in [3.63, 3.8) is 0 Å². The van der Waals surface area contributed by atoms with Crippen LogP contribution in [0.4, 0.5) is 9.39 Å². The van der Waals surface area contributed by atoms with Gasteiger partial charge in [-0.25, -0.2) is 9.37 Å². The monoisotopic (exact) mass is 325 g/mol. The van der Waals surface area contributed by atoms with E-state index in [1.165, 1.54) is 29.5 Å². The number of nitrogens with one attached hydrogen (secondary N) is 1. The maximum atomic E-state index is 13.0. The zero-order valence-electron chi connectivity index (χ0n) is 11.9. The van der Waals surface area contributed by atoms with Gasteiger partial charge in [-0.3, -0.25) is 9.78 Å². The van der Waals surface area contributed by atoms with Crippen LogP contribution >= 0.6 is 11.3 Å². The van der Waals surface area contributed by atoms with Crippen LogP contribution in [0.2, 0.25) is 0 Å². The summed E-state index contributed by atoms with van der Waals surface area (Å²) in [6.45, 7) is 0. The van der Waals surface area contributed by atoms with Crippen LogP contribution in [-0.4, -0.2) is 15.9 Å². The lowest BCUT2D eigenvalue weighted by Gasteiger charge is -2.03. The summed E-state index contributed by atoms with van der Waals surface area (Å²) >= 11 is 1.31. The number of nitrogens with zero attached hydrogens (tertiary/aromatic N) is 2. The first-order valence-electron chi connectivity index (χ1n) is 6.82. The summed E-state index contributed by atoms with van der Waals surface area (Å²) in [5.74, 6) is -0.587. The number of rotatable bonds is 4. The minimum absolute atomic E-state index is 0.275. The highest BCUT2D eigenvalue weighted by atomic mass is 32.1. The Balaban J connectivity index is 1.74. The molecule has 0 spiro atoms. The maximum absolute atomic E-state index is 13.0. The fraction of sp³-hybridized carbons (Fsp3) is 0. The minimum Gasteiger partial charge on any atom is -0.312 e. The molecule has 3 aromatic rings. The van der Waals surface area contributed by atoms with E-state index >= 15 is 0 Å². The van der Waals surface area contributed by atoms with Crippen molar-refractivity contribution in [2.24, 2.45) is 0 Å². The van der Waals surface area contributed by atoms with Crippen LogP contribution in [0.5, 0.6) is 0 Å². The van der Waals surface area contributed by atoms with Crippen molar-refractivity contribution in [1.82, 2.24) is 9.97 Å². The topological polar surface area (TPSA) is 54.9 Å². The van der Waals surface area contributed by atoms with Crippen molar-refractivity contribution in [3.8, 4) is 11.3 Å². The lowest BCUT2D eigenvalue weighted by atomic mass is 10.1. The zero-order chi connectivity index (χ0) is 16.1. The summed E-state index contributed by atoms with van der Waals surface area (Å²) < 4.78 is 13.0. The third-order valence-electron chi connectivity index (χ3n) is 3.02. The number of anilines is 1. The molecule has 2 aromatic heterocycles. The fourth-order valence-corrected chi connectivity index (χ4v) is 2.64. The van der Waals surface area contributed by atoms with Crippen molar-refractivity contribution < 1.29 is 9.18 Å². The molecule has 0 fully saturated rings. The van der Waals surface area contributed by atoms with Crippen molar-refractivity contribution in [1.29, 1.82) is 0 Å². The normalized spacial score (nSPS) is 10.8. The highest BCUT2D eigenvalue weighted by Gasteiger charge is 2.10. The van der Waals surface area contributed by atoms with Gasteiger partial charge < -0.3 is 5.32 Å². The van der Waals surface area contributed by atoms with Gasteiger partial charge in [0.2, 0.25) is 5.91 Å². The Morgan fingerprint density at radius 3 is 2.70 bits per heavy atom. The average molecular weight is 325 g/mol. The standard InChI is InChI=1S/C17H12FN3OS/c18-13-6-4-12(5-7-13)16-17(23-11-20-16)21-15(22)9-8-14-3-1-2-10-19-14/h1-11H,(H,21,22). The van der Waals surface area contributed by atoms with Gasteiger partial charge in [0.1, 0.15) is 16.5 Å². The second-order valence-electron chi connectivity index (χ2n) is 4.61. The molecule has 0 radical (unpaired) electrons. The lowest BCUT2D eigenvalue weighted by Crippen LogP contribution is -2.07. The number of hydrogen-bond acceptors (Lipinski definition) is 4. The molecule has 1 amide bonds. The molecule has 0 unspecified atom stereocenters. The number of halogens is 1. The Kier molecular flexibility index (Phi) is 4.54. The molecule has 0 atom stereocenters. The molecule has 0 aliphatic heterocycles. The molecule has 23 heavy (non-hydrogen) atoms. The molecule has 0 aliphatic rings. The number of carbonyl (C=O) groups excluding carboxylic acids is 1. The first kappa shape index (κ1) is 15.1. The first-order valence-corrected chi connectivity index (χ1v) is 7.70. The summed E-state index contributed by atoms with van der Waals surface area (Å²) in [6.07, 6.45) is 4.71. The first-order chi connectivity index (χ1) is 11.2. The van der Waals surface area contributed by atoms with E-state index < -0.39 is 0 Å². The second-order valence-corrected chi connectivity index (χ2v) is 5.47. The molecule has 0 saturated heterocycles. The Bertz CT molecular complexity index is 829. The highest BCUT2D eigenvalue weighted by Crippen LogP contribution is 2.30. The number of benzene rings is 1. The third-order valence-corrected chi connectivity index (χ3v) is 3.76. The van der Waals surface area contributed by atoms with Gasteiger partial charge in [-0.1, -0.05) is 6.07 Å². The van der Waals surface area contributed by atoms with E-state index in [0.717, 1.165) is 5.56 Å². The molecule has 0 bridgehead atoms. The van der Waals surface area contributed by atoms with E-state index in [1.54, 1.807) is 36.0 Å². The molecule has 1 aromatic carbocycles. The van der Waals surface area contributed by atoms with E-state index in [-0.39, 0.29) is 11.7 Å². The zero-order valence-corrected chi connectivity index (χ0v) is 12.8. The average Bonchev–Trinajstić information content (AvgIpc) is 3.03. The van der Waals surface area contributed by atoms with Gasteiger partial charge in [-0.2, -0.15) is 0 Å². The smallest absolute Gasteiger partial charge is 0.249 e. The number of carbonyl (C=O) groups is 1. The number of thiazole rings is 1. The van der Waals surface area contributed by atoms with Gasteiger partial charge in [0.05, 0.1) is 11.2 Å². The summed E-state index contributed by atoms with van der Waals surface area (Å²) in [7, 11) is 0. The van der Waals surface area contributed by atoms with E-state index in [0.29, 0.717) is 16.4 Å². The van der Waals surface area contributed by atoms with E-state index in [4.69, 9.17) is 0 Å². The number of pyridine rings is 1. The molecule has 3 rings (SSSR count). The van der Waals surface area contributed by atoms with Gasteiger partial charge in [-0.05, 0) is 42.5 Å². The molecular formula is C17H12FN3OS. The van der Waals surface area contributed by atoms with Gasteiger partial charge in [0.15, 0.2) is 0 Å². The van der Waals surface area contributed by atoms with E-state index in [9.17, 15) is 9.18 Å². The Morgan fingerprint density at radius 1 is 1.13 bits per heavy atom. The van der Waals surface area contributed by atoms with E-state index in [2.05, 4.69) is 15.3 Å². The molecule has 0 aliphatic carbocycles. The van der Waals surface area contributed by atoms with Crippen molar-refractivity contribution >= 4 is 28.3 Å². The van der Waals surface area contributed by atoms with Crippen LogP contribution < -0.4 is 5.32 Å². The van der Waals surface area contributed by atoms with Gasteiger partial charge in [0.25, 0.3) is 0 Å². The summed E-state index contributed by atoms with van der Waals surface area (Å²) in [5.41, 5.74) is 3.70. The predicted molar refractivity (Wildman–Crippen MR) is 89.4 cm³/mol. The molecule has 114 valence electrons. The largest absolute Gasteiger partial charge is 0.312 e. The van der Waals surface area contributed by atoms with Crippen LogP contribution in [0.15, 0.2) is 60.2 Å². The summed E-state index contributed by atoms with van der Waals surface area (Å²) in [4.78, 5) is 20.4. The van der Waals surface area contributed by atoms with Crippen LogP contribution in [0.3, 0.4) is 0 Å². The maximum Gasteiger partial charge on any atom is 0.249 e. The number of amides is 1. The number of hydrogen-bond donors (Lipinski definition) is 1. The Labute approximate surface area is 136 Å². The van der Waals surface area contributed by atoms with Crippen LogP contribution in [0.1, 0.15) is 5.69 Å². The van der Waals surface area contributed by atoms with Crippen LogP contribution in [-0.2, 0) is 4.79 Å². The quantitative estimate of drug-likeness (QED) is 0.738. The predicted octanol–water partition coefficient (Wildman–Crippen LogP) is 4.00.